The van der Waals surface area contributed by atoms with Gasteiger partial charge in [0.25, 0.3) is 0 Å². The molecular formula is C32H41S2Si2+. The van der Waals surface area contributed by atoms with Crippen molar-refractivity contribution >= 4 is 44.0 Å². The highest BCUT2D eigenvalue weighted by Crippen LogP contribution is 2.40. The van der Waals surface area contributed by atoms with Gasteiger partial charge in [-0.25, -0.2) is 0 Å². The molecule has 4 rings (SSSR count). The Balaban J connectivity index is 1.65. The molecule has 3 aromatic rings. The highest BCUT2D eigenvalue weighted by Gasteiger charge is 2.35. The molecule has 0 saturated heterocycles. The van der Waals surface area contributed by atoms with Gasteiger partial charge in [-0.15, -0.1) is 0 Å². The summed E-state index contributed by atoms with van der Waals surface area (Å²) in [6.07, 6.45) is 8.68. The van der Waals surface area contributed by atoms with Gasteiger partial charge in [0, 0.05) is 15.4 Å². The van der Waals surface area contributed by atoms with Crippen LogP contribution in [0.4, 0.5) is 0 Å². The lowest BCUT2D eigenvalue weighted by Gasteiger charge is -2.27. The molecule has 36 heavy (non-hydrogen) atoms. The predicted octanol–water partition coefficient (Wildman–Crippen LogP) is 9.59. The first kappa shape index (κ1) is 27.3. The van der Waals surface area contributed by atoms with Crippen LogP contribution in [0.2, 0.25) is 44.8 Å². The number of aryl methyl sites for hydroxylation is 2. The fourth-order valence-electron chi connectivity index (χ4n) is 4.58. The van der Waals surface area contributed by atoms with Crippen LogP contribution in [0, 0.1) is 13.8 Å². The molecule has 1 aliphatic carbocycles. The maximum Gasteiger partial charge on any atom is 0.169 e. The van der Waals surface area contributed by atoms with Crippen LogP contribution >= 0.6 is 11.8 Å². The Morgan fingerprint density at radius 2 is 1.50 bits per heavy atom. The molecular weight excluding hydrogens is 505 g/mol. The molecule has 2 unspecified atom stereocenters. The fraction of sp³-hybridized carbons (Fsp3) is 0.312. The first-order valence-electron chi connectivity index (χ1n) is 13.0. The van der Waals surface area contributed by atoms with Crippen molar-refractivity contribution in [3.63, 3.8) is 0 Å². The SMILES string of the molecule is Cc1cc([S+](C2=CCC([Si](C)(C)C)C=C2)c2ccccc2C)ccc1Sc1ccc([Si](C)(C)C)cc1. The molecule has 0 N–H and O–H groups in total. The predicted molar refractivity (Wildman–Crippen MR) is 169 cm³/mol. The van der Waals surface area contributed by atoms with E-state index in [9.17, 15) is 0 Å². The van der Waals surface area contributed by atoms with Crippen LogP contribution in [0.5, 0.6) is 0 Å². The van der Waals surface area contributed by atoms with Crippen molar-refractivity contribution in [1.82, 2.24) is 0 Å². The zero-order chi connectivity index (χ0) is 26.1. The number of hydrogen-bond acceptors (Lipinski definition) is 1. The Morgan fingerprint density at radius 3 is 2.06 bits per heavy atom. The third-order valence-electron chi connectivity index (χ3n) is 7.06. The van der Waals surface area contributed by atoms with Gasteiger partial charge in [-0.2, -0.15) is 0 Å². The van der Waals surface area contributed by atoms with Crippen LogP contribution in [0.25, 0.3) is 0 Å². The summed E-state index contributed by atoms with van der Waals surface area (Å²) in [6.45, 7) is 19.2. The molecule has 0 bridgehead atoms. The lowest BCUT2D eigenvalue weighted by atomic mass is 10.2. The van der Waals surface area contributed by atoms with Crippen molar-refractivity contribution < 1.29 is 0 Å². The number of hydrogen-bond donors (Lipinski definition) is 0. The molecule has 0 saturated carbocycles. The maximum absolute atomic E-state index is 2.54. The average molecular weight is 546 g/mol. The Kier molecular flexibility index (Phi) is 8.30. The van der Waals surface area contributed by atoms with Gasteiger partial charge in [0.15, 0.2) is 14.7 Å². The van der Waals surface area contributed by atoms with Crippen LogP contribution < -0.4 is 5.19 Å². The minimum absolute atomic E-state index is 0.0840. The maximum atomic E-state index is 2.54. The van der Waals surface area contributed by atoms with Crippen molar-refractivity contribution in [3.05, 3.63) is 101 Å². The normalized spacial score (nSPS) is 17.1. The van der Waals surface area contributed by atoms with Crippen LogP contribution in [0.15, 0.2) is 109 Å². The molecule has 0 heterocycles. The first-order valence-corrected chi connectivity index (χ1v) is 22.1. The van der Waals surface area contributed by atoms with Gasteiger partial charge < -0.3 is 0 Å². The monoisotopic (exact) mass is 545 g/mol. The highest BCUT2D eigenvalue weighted by molar-refractivity contribution is 8.01. The van der Waals surface area contributed by atoms with Gasteiger partial charge in [-0.1, -0.05) is 92.6 Å². The van der Waals surface area contributed by atoms with E-state index in [4.69, 9.17) is 0 Å². The highest BCUT2D eigenvalue weighted by atomic mass is 32.2. The summed E-state index contributed by atoms with van der Waals surface area (Å²) in [5.74, 6) is 0. The molecule has 4 heteroatoms. The Bertz CT molecular complexity index is 1270. The molecule has 0 nitrogen and oxygen atoms in total. The molecule has 2 atom stereocenters. The van der Waals surface area contributed by atoms with E-state index >= 15 is 0 Å². The van der Waals surface area contributed by atoms with Crippen LogP contribution in [0.3, 0.4) is 0 Å². The number of allylic oxidation sites excluding steroid dienone is 3. The van der Waals surface area contributed by atoms with Gasteiger partial charge in [0.2, 0.25) is 0 Å². The fourth-order valence-corrected chi connectivity index (χ4v) is 10.5. The summed E-state index contributed by atoms with van der Waals surface area (Å²) >= 11 is 1.89. The Hall–Kier alpha value is -1.73. The Morgan fingerprint density at radius 1 is 0.806 bits per heavy atom. The second kappa shape index (κ2) is 10.9. The van der Waals surface area contributed by atoms with Crippen molar-refractivity contribution in [3.8, 4) is 0 Å². The van der Waals surface area contributed by atoms with E-state index < -0.39 is 16.1 Å². The van der Waals surface area contributed by atoms with Crippen LogP contribution in [-0.4, -0.2) is 16.1 Å². The van der Waals surface area contributed by atoms with E-state index in [1.165, 1.54) is 47.2 Å². The summed E-state index contributed by atoms with van der Waals surface area (Å²) in [4.78, 5) is 7.01. The van der Waals surface area contributed by atoms with Gasteiger partial charge in [0.05, 0.1) is 27.0 Å². The number of rotatable bonds is 7. The van der Waals surface area contributed by atoms with Crippen molar-refractivity contribution in [2.24, 2.45) is 0 Å². The van der Waals surface area contributed by atoms with Crippen molar-refractivity contribution in [2.75, 3.05) is 0 Å². The smallest absolute Gasteiger partial charge is 0.0898 e. The van der Waals surface area contributed by atoms with Crippen molar-refractivity contribution in [2.45, 2.75) is 84.7 Å². The summed E-state index contributed by atoms with van der Waals surface area (Å²) in [5.41, 5.74) is 3.47. The van der Waals surface area contributed by atoms with Crippen molar-refractivity contribution in [1.29, 1.82) is 0 Å². The van der Waals surface area contributed by atoms with E-state index in [0.717, 1.165) is 5.54 Å². The molecule has 3 aromatic carbocycles. The van der Waals surface area contributed by atoms with Crippen LogP contribution in [-0.2, 0) is 10.9 Å². The molecule has 0 aliphatic heterocycles. The lowest BCUT2D eigenvalue weighted by molar-refractivity contribution is 0.975. The van der Waals surface area contributed by atoms with E-state index in [1.54, 1.807) is 0 Å². The molecule has 188 valence electrons. The molecule has 1 aliphatic rings. The quantitative estimate of drug-likeness (QED) is 0.210. The minimum Gasteiger partial charge on any atom is -0.0898 e. The largest absolute Gasteiger partial charge is 0.169 e. The minimum atomic E-state index is -1.26. The second-order valence-electron chi connectivity index (χ2n) is 12.0. The summed E-state index contributed by atoms with van der Waals surface area (Å²) < 4.78 is 0. The van der Waals surface area contributed by atoms with E-state index in [2.05, 4.69) is 138 Å². The summed E-state index contributed by atoms with van der Waals surface area (Å²) in [6, 6.07) is 25.4. The molecule has 0 amide bonds. The number of benzene rings is 3. The summed E-state index contributed by atoms with van der Waals surface area (Å²) in [7, 11) is -2.54. The zero-order valence-electron chi connectivity index (χ0n) is 23.2. The van der Waals surface area contributed by atoms with E-state index in [0.29, 0.717) is 0 Å². The van der Waals surface area contributed by atoms with Gasteiger partial charge >= 0.3 is 0 Å². The van der Waals surface area contributed by atoms with Gasteiger partial charge in [0.1, 0.15) is 0 Å². The molecule has 0 radical (unpaired) electrons. The third-order valence-corrected chi connectivity index (χ3v) is 15.4. The zero-order valence-corrected chi connectivity index (χ0v) is 26.8. The lowest BCUT2D eigenvalue weighted by Crippen LogP contribution is -2.37. The molecule has 0 spiro atoms. The average Bonchev–Trinajstić information content (AvgIpc) is 2.82. The third kappa shape index (κ3) is 6.39. The Labute approximate surface area is 228 Å². The van der Waals surface area contributed by atoms with E-state index in [-0.39, 0.29) is 10.9 Å². The standard InChI is InChI=1S/C32H41S2Si2/c1-24-11-9-10-12-32(24)34(27-15-20-30(21-16-27)36(6,7)8)28-17-22-31(25(2)23-28)33-26-13-18-29(19-14-26)35(3,4)5/h9-20,22-23,30H,21H2,1-8H3/q+1. The van der Waals surface area contributed by atoms with Gasteiger partial charge in [-0.3, -0.25) is 0 Å². The summed E-state index contributed by atoms with van der Waals surface area (Å²) in [5, 5.41) is 1.52. The van der Waals surface area contributed by atoms with Crippen LogP contribution in [0.1, 0.15) is 17.5 Å². The topological polar surface area (TPSA) is 0 Å². The molecule has 0 fully saturated rings. The molecule has 0 aromatic heterocycles. The van der Waals surface area contributed by atoms with Gasteiger partial charge in [-0.05, 0) is 79.9 Å². The van der Waals surface area contributed by atoms with E-state index in [1.807, 2.05) is 11.8 Å². The second-order valence-corrected chi connectivity index (χ2v) is 25.7. The first-order chi connectivity index (χ1) is 16.9.